The molecular formula is C14H22N2O2. The third kappa shape index (κ3) is 4.84. The van der Waals surface area contributed by atoms with Gasteiger partial charge in [-0.3, -0.25) is 14.7 Å². The number of pyridine rings is 1. The molecule has 1 aromatic heterocycles. The van der Waals surface area contributed by atoms with Gasteiger partial charge in [-0.05, 0) is 38.4 Å². The molecule has 0 N–H and O–H groups in total. The van der Waals surface area contributed by atoms with Crippen LogP contribution >= 0.6 is 0 Å². The lowest BCUT2D eigenvalue weighted by Crippen LogP contribution is -2.31. The zero-order valence-electron chi connectivity index (χ0n) is 11.5. The Bertz CT molecular complexity index is 380. The molecule has 0 aliphatic carbocycles. The van der Waals surface area contributed by atoms with Crippen LogP contribution in [0.25, 0.3) is 0 Å². The number of nitrogens with zero attached hydrogens (tertiary/aromatic N) is 2. The summed E-state index contributed by atoms with van der Waals surface area (Å²) < 4.78 is 4.99. The van der Waals surface area contributed by atoms with Crippen molar-refractivity contribution in [2.75, 3.05) is 19.7 Å². The summed E-state index contributed by atoms with van der Waals surface area (Å²) >= 11 is 0. The van der Waals surface area contributed by atoms with Crippen molar-refractivity contribution in [2.45, 2.75) is 33.7 Å². The van der Waals surface area contributed by atoms with Crippen LogP contribution in [-0.2, 0) is 16.1 Å². The van der Waals surface area contributed by atoms with Crippen LogP contribution in [0.15, 0.2) is 18.3 Å². The molecule has 0 atom stereocenters. The number of esters is 1. The van der Waals surface area contributed by atoms with Crippen LogP contribution in [0, 0.1) is 6.92 Å². The van der Waals surface area contributed by atoms with Gasteiger partial charge in [0.25, 0.3) is 0 Å². The number of carbonyl (C=O) groups is 1. The first kappa shape index (κ1) is 14.6. The third-order valence-corrected chi connectivity index (χ3v) is 2.69. The van der Waals surface area contributed by atoms with Crippen molar-refractivity contribution in [1.29, 1.82) is 0 Å². The highest BCUT2D eigenvalue weighted by atomic mass is 16.5. The maximum Gasteiger partial charge on any atom is 0.320 e. The first-order valence-corrected chi connectivity index (χ1v) is 6.45. The maximum absolute atomic E-state index is 11.5. The Kier molecular flexibility index (Phi) is 6.36. The van der Waals surface area contributed by atoms with Gasteiger partial charge in [0.05, 0.1) is 18.8 Å². The number of carbonyl (C=O) groups excluding carboxylic acids is 1. The summed E-state index contributed by atoms with van der Waals surface area (Å²) in [6.07, 6.45) is 2.79. The van der Waals surface area contributed by atoms with Crippen LogP contribution in [0.1, 0.15) is 31.5 Å². The van der Waals surface area contributed by atoms with E-state index in [0.29, 0.717) is 19.7 Å². The average Bonchev–Trinajstić information content (AvgIpc) is 2.32. The van der Waals surface area contributed by atoms with Gasteiger partial charge >= 0.3 is 5.97 Å². The highest BCUT2D eigenvalue weighted by molar-refractivity contribution is 5.71. The molecule has 0 fully saturated rings. The van der Waals surface area contributed by atoms with Gasteiger partial charge in [0, 0.05) is 12.7 Å². The van der Waals surface area contributed by atoms with E-state index in [4.69, 9.17) is 4.74 Å². The van der Waals surface area contributed by atoms with E-state index in [0.717, 1.165) is 24.2 Å². The predicted molar refractivity (Wildman–Crippen MR) is 71.2 cm³/mol. The second-order valence-corrected chi connectivity index (χ2v) is 4.28. The Morgan fingerprint density at radius 1 is 1.44 bits per heavy atom. The van der Waals surface area contributed by atoms with Gasteiger partial charge in [0.1, 0.15) is 0 Å². The van der Waals surface area contributed by atoms with Crippen molar-refractivity contribution in [3.8, 4) is 0 Å². The number of ether oxygens (including phenoxy) is 1. The van der Waals surface area contributed by atoms with Crippen molar-refractivity contribution >= 4 is 5.97 Å². The minimum Gasteiger partial charge on any atom is -0.465 e. The Morgan fingerprint density at radius 3 is 2.83 bits per heavy atom. The summed E-state index contributed by atoms with van der Waals surface area (Å²) in [5, 5.41) is 0. The fourth-order valence-electron chi connectivity index (χ4n) is 1.82. The molecule has 1 rings (SSSR count). The van der Waals surface area contributed by atoms with Gasteiger partial charge in [-0.25, -0.2) is 0 Å². The van der Waals surface area contributed by atoms with Crippen LogP contribution < -0.4 is 0 Å². The van der Waals surface area contributed by atoms with E-state index in [1.54, 1.807) is 6.20 Å². The molecule has 0 aliphatic rings. The van der Waals surface area contributed by atoms with Crippen LogP contribution in [0.4, 0.5) is 0 Å². The molecular weight excluding hydrogens is 228 g/mol. The number of rotatable bonds is 7. The summed E-state index contributed by atoms with van der Waals surface area (Å²) in [6, 6.07) is 3.96. The van der Waals surface area contributed by atoms with Crippen LogP contribution in [0.5, 0.6) is 0 Å². The molecule has 0 radical (unpaired) electrons. The van der Waals surface area contributed by atoms with Crippen molar-refractivity contribution in [2.24, 2.45) is 0 Å². The molecule has 0 aliphatic heterocycles. The molecule has 18 heavy (non-hydrogen) atoms. The van der Waals surface area contributed by atoms with Crippen LogP contribution in [0.2, 0.25) is 0 Å². The normalized spacial score (nSPS) is 10.7. The smallest absolute Gasteiger partial charge is 0.320 e. The largest absolute Gasteiger partial charge is 0.465 e. The summed E-state index contributed by atoms with van der Waals surface area (Å²) in [6.45, 7) is 8.29. The first-order valence-electron chi connectivity index (χ1n) is 6.45. The number of aryl methyl sites for hydroxylation is 1. The topological polar surface area (TPSA) is 42.4 Å². The molecule has 0 aromatic carbocycles. The third-order valence-electron chi connectivity index (χ3n) is 2.69. The van der Waals surface area contributed by atoms with Crippen LogP contribution in [-0.4, -0.2) is 35.5 Å². The zero-order chi connectivity index (χ0) is 13.4. The van der Waals surface area contributed by atoms with Gasteiger partial charge in [0.2, 0.25) is 0 Å². The van der Waals surface area contributed by atoms with E-state index in [1.165, 1.54) is 0 Å². The molecule has 0 saturated heterocycles. The molecule has 1 heterocycles. The molecule has 0 amide bonds. The summed E-state index contributed by atoms with van der Waals surface area (Å²) in [7, 11) is 0. The van der Waals surface area contributed by atoms with E-state index < -0.39 is 0 Å². The van der Waals surface area contributed by atoms with Gasteiger partial charge in [-0.2, -0.15) is 0 Å². The monoisotopic (exact) mass is 250 g/mol. The minimum absolute atomic E-state index is 0.167. The Labute approximate surface area is 109 Å². The molecule has 4 nitrogen and oxygen atoms in total. The van der Waals surface area contributed by atoms with Gasteiger partial charge in [0.15, 0.2) is 0 Å². The number of hydrogen-bond acceptors (Lipinski definition) is 4. The molecule has 100 valence electrons. The van der Waals surface area contributed by atoms with E-state index in [2.05, 4.69) is 16.8 Å². The van der Waals surface area contributed by atoms with Gasteiger partial charge in [-0.1, -0.05) is 13.0 Å². The highest BCUT2D eigenvalue weighted by Gasteiger charge is 2.12. The fourth-order valence-corrected chi connectivity index (χ4v) is 1.82. The minimum atomic E-state index is -0.167. The Hall–Kier alpha value is -1.42. The Morgan fingerprint density at radius 2 is 2.22 bits per heavy atom. The highest BCUT2D eigenvalue weighted by Crippen LogP contribution is 2.07. The number of aromatic nitrogens is 1. The SMILES string of the molecule is CCCN(CC(=O)OCC)Cc1ncccc1C. The first-order chi connectivity index (χ1) is 8.67. The molecule has 0 bridgehead atoms. The summed E-state index contributed by atoms with van der Waals surface area (Å²) in [5.41, 5.74) is 2.18. The molecule has 1 aromatic rings. The maximum atomic E-state index is 11.5. The summed E-state index contributed by atoms with van der Waals surface area (Å²) in [4.78, 5) is 18.0. The molecule has 0 unspecified atom stereocenters. The predicted octanol–water partition coefficient (Wildman–Crippen LogP) is 2.17. The molecule has 0 saturated carbocycles. The lowest BCUT2D eigenvalue weighted by molar-refractivity contribution is -0.144. The van der Waals surface area contributed by atoms with E-state index in [-0.39, 0.29) is 5.97 Å². The number of hydrogen-bond donors (Lipinski definition) is 0. The van der Waals surface area contributed by atoms with Gasteiger partial charge < -0.3 is 4.74 Å². The summed E-state index contributed by atoms with van der Waals surface area (Å²) in [5.74, 6) is -0.167. The van der Waals surface area contributed by atoms with Crippen LogP contribution in [0.3, 0.4) is 0 Å². The fraction of sp³-hybridized carbons (Fsp3) is 0.571. The standard InChI is InChI=1S/C14H22N2O2/c1-4-9-16(11-14(17)18-5-2)10-13-12(3)7-6-8-15-13/h6-8H,4-5,9-11H2,1-3H3. The van der Waals surface area contributed by atoms with E-state index in [1.807, 2.05) is 26.0 Å². The van der Waals surface area contributed by atoms with Crippen molar-refractivity contribution in [1.82, 2.24) is 9.88 Å². The average molecular weight is 250 g/mol. The lowest BCUT2D eigenvalue weighted by atomic mass is 10.2. The van der Waals surface area contributed by atoms with Gasteiger partial charge in [-0.15, -0.1) is 0 Å². The lowest BCUT2D eigenvalue weighted by Gasteiger charge is -2.20. The van der Waals surface area contributed by atoms with Crippen molar-refractivity contribution in [3.05, 3.63) is 29.6 Å². The van der Waals surface area contributed by atoms with E-state index in [9.17, 15) is 4.79 Å². The second kappa shape index (κ2) is 7.82. The van der Waals surface area contributed by atoms with Crippen molar-refractivity contribution in [3.63, 3.8) is 0 Å². The van der Waals surface area contributed by atoms with E-state index >= 15 is 0 Å². The second-order valence-electron chi connectivity index (χ2n) is 4.28. The molecule has 4 heteroatoms. The molecule has 0 spiro atoms. The Balaban J connectivity index is 2.62. The quantitative estimate of drug-likeness (QED) is 0.696. The van der Waals surface area contributed by atoms with Crippen molar-refractivity contribution < 1.29 is 9.53 Å². The zero-order valence-corrected chi connectivity index (χ0v) is 11.5.